The van der Waals surface area contributed by atoms with Crippen LogP contribution in [0.1, 0.15) is 37.3 Å². The zero-order valence-corrected chi connectivity index (χ0v) is 18.1. The maximum atomic E-state index is 13.5. The summed E-state index contributed by atoms with van der Waals surface area (Å²) in [6, 6.07) is 18.4. The molecule has 7 nitrogen and oxygen atoms in total. The molecule has 1 fully saturated rings. The number of carboxylic acid groups (broad SMARTS) is 2. The zero-order valence-electron chi connectivity index (χ0n) is 18.1. The average molecular weight is 437 g/mol. The van der Waals surface area contributed by atoms with Gasteiger partial charge in [0.05, 0.1) is 12.1 Å². The summed E-state index contributed by atoms with van der Waals surface area (Å²) >= 11 is 0. The van der Waals surface area contributed by atoms with Gasteiger partial charge in [-0.2, -0.15) is 0 Å². The van der Waals surface area contributed by atoms with Crippen LogP contribution in [-0.4, -0.2) is 52.7 Å². The number of rotatable bonds is 5. The van der Waals surface area contributed by atoms with Crippen molar-refractivity contribution in [2.45, 2.75) is 31.6 Å². The number of anilines is 1. The van der Waals surface area contributed by atoms with Crippen LogP contribution < -0.4 is 4.90 Å². The predicted molar refractivity (Wildman–Crippen MR) is 122 cm³/mol. The summed E-state index contributed by atoms with van der Waals surface area (Å²) in [5.74, 6) is -2.32. The maximum Gasteiger partial charge on any atom is 0.328 e. The van der Waals surface area contributed by atoms with Crippen molar-refractivity contribution in [1.29, 1.82) is 0 Å². The fourth-order valence-corrected chi connectivity index (χ4v) is 4.26. The van der Waals surface area contributed by atoms with E-state index in [9.17, 15) is 14.4 Å². The molecule has 0 aromatic heterocycles. The zero-order chi connectivity index (χ0) is 23.1. The van der Waals surface area contributed by atoms with E-state index in [1.54, 1.807) is 0 Å². The van der Waals surface area contributed by atoms with Crippen LogP contribution in [-0.2, 0) is 19.8 Å². The van der Waals surface area contributed by atoms with Gasteiger partial charge in [-0.25, -0.2) is 9.59 Å². The third kappa shape index (κ3) is 5.06. The minimum Gasteiger partial charge on any atom is -0.478 e. The molecule has 2 aromatic rings. The molecule has 4 rings (SSSR count). The molecule has 2 aromatic carbocycles. The number of amides is 1. The summed E-state index contributed by atoms with van der Waals surface area (Å²) in [6.07, 6.45) is 4.90. The molecule has 0 saturated carbocycles. The number of nitrogens with zero attached hydrogens (tertiary/aromatic N) is 2. The highest BCUT2D eigenvalue weighted by atomic mass is 16.4. The molecule has 1 saturated heterocycles. The number of hydrogen-bond acceptors (Lipinski definition) is 4. The molecule has 0 aliphatic carbocycles. The van der Waals surface area contributed by atoms with Gasteiger partial charge in [0, 0.05) is 17.8 Å². The lowest BCUT2D eigenvalue weighted by Crippen LogP contribution is -2.46. The van der Waals surface area contributed by atoms with Gasteiger partial charge < -0.3 is 10.2 Å². The normalized spacial score (nSPS) is 20.5. The second-order valence-corrected chi connectivity index (χ2v) is 8.07. The lowest BCUT2D eigenvalue weighted by Gasteiger charge is -2.32. The Kier molecular flexibility index (Phi) is 7.43. The molecular weight excluding hydrogens is 408 g/mol. The van der Waals surface area contributed by atoms with Crippen molar-refractivity contribution in [1.82, 2.24) is 4.90 Å². The number of aliphatic carboxylic acids is 2. The first kappa shape index (κ1) is 23.2. The van der Waals surface area contributed by atoms with Gasteiger partial charge in [0.2, 0.25) is 5.91 Å². The quantitative estimate of drug-likeness (QED) is 0.697. The van der Waals surface area contributed by atoms with Crippen molar-refractivity contribution in [2.24, 2.45) is 0 Å². The molecule has 7 heteroatoms. The molecule has 0 radical (unpaired) electrons. The summed E-state index contributed by atoms with van der Waals surface area (Å²) in [4.78, 5) is 37.0. The standard InChI is InChI=1S/C21H24N2O.C4H4O4/c1-21(17-10-4-2-5-11-17)18-12-6-7-13-19(18)23(20(21)24)16-22-14-8-3-9-15-22;5-3(6)1-2-4(7)8/h2,4-7,10-13H,3,8-9,14-16H2,1H3;1-2H,(H,5,6)(H,7,8). The Balaban J connectivity index is 0.000000312. The van der Waals surface area contributed by atoms with Gasteiger partial charge >= 0.3 is 11.9 Å². The summed E-state index contributed by atoms with van der Waals surface area (Å²) in [5.41, 5.74) is 2.68. The van der Waals surface area contributed by atoms with Gasteiger partial charge in [-0.15, -0.1) is 0 Å². The van der Waals surface area contributed by atoms with Crippen LogP contribution in [0.2, 0.25) is 0 Å². The molecule has 168 valence electrons. The molecule has 1 unspecified atom stereocenters. The number of benzene rings is 2. The van der Waals surface area contributed by atoms with Crippen LogP contribution in [0, 0.1) is 0 Å². The summed E-state index contributed by atoms with van der Waals surface area (Å²) in [7, 11) is 0. The number of carbonyl (C=O) groups excluding carboxylic acids is 1. The number of carboxylic acids is 2. The topological polar surface area (TPSA) is 98.2 Å². The Morgan fingerprint density at radius 1 is 0.906 bits per heavy atom. The van der Waals surface area contributed by atoms with Crippen molar-refractivity contribution >= 4 is 23.5 Å². The molecule has 2 N–H and O–H groups in total. The van der Waals surface area contributed by atoms with E-state index in [0.717, 1.165) is 29.9 Å². The van der Waals surface area contributed by atoms with Gasteiger partial charge in [-0.3, -0.25) is 14.6 Å². The van der Waals surface area contributed by atoms with Crippen LogP contribution >= 0.6 is 0 Å². The van der Waals surface area contributed by atoms with Gasteiger partial charge in [-0.05, 0) is 50.0 Å². The SMILES string of the molecule is CC1(c2ccccc2)C(=O)N(CN2CCCCC2)c2ccccc21.O=C(O)C=CC(=O)O. The van der Waals surface area contributed by atoms with Crippen LogP contribution in [0.4, 0.5) is 5.69 Å². The third-order valence-corrected chi connectivity index (χ3v) is 5.92. The minimum atomic E-state index is -1.26. The Hall–Kier alpha value is -3.45. The number of fused-ring (bicyclic) bond motifs is 1. The number of para-hydroxylation sites is 1. The van der Waals surface area contributed by atoms with Crippen molar-refractivity contribution < 1.29 is 24.6 Å². The second-order valence-electron chi connectivity index (χ2n) is 8.07. The monoisotopic (exact) mass is 436 g/mol. The van der Waals surface area contributed by atoms with E-state index in [4.69, 9.17) is 10.2 Å². The molecule has 2 aliphatic heterocycles. The molecule has 0 bridgehead atoms. The van der Waals surface area contributed by atoms with Gasteiger partial charge in [-0.1, -0.05) is 55.0 Å². The molecular formula is C25H28N2O5. The lowest BCUT2D eigenvalue weighted by molar-refractivity contribution is -0.134. The molecule has 32 heavy (non-hydrogen) atoms. The average Bonchev–Trinajstić information content (AvgIpc) is 3.02. The smallest absolute Gasteiger partial charge is 0.328 e. The largest absolute Gasteiger partial charge is 0.478 e. The third-order valence-electron chi connectivity index (χ3n) is 5.92. The highest BCUT2D eigenvalue weighted by molar-refractivity contribution is 6.10. The Labute approximate surface area is 187 Å². The molecule has 1 amide bonds. The van der Waals surface area contributed by atoms with E-state index in [-0.39, 0.29) is 5.91 Å². The van der Waals surface area contributed by atoms with Gasteiger partial charge in [0.25, 0.3) is 0 Å². The van der Waals surface area contributed by atoms with Crippen LogP contribution in [0.3, 0.4) is 0 Å². The Morgan fingerprint density at radius 2 is 1.47 bits per heavy atom. The fraction of sp³-hybridized carbons (Fsp3) is 0.320. The highest BCUT2D eigenvalue weighted by Gasteiger charge is 2.48. The van der Waals surface area contributed by atoms with Crippen LogP contribution in [0.5, 0.6) is 0 Å². The Bertz CT molecular complexity index is 982. The number of likely N-dealkylation sites (tertiary alicyclic amines) is 1. The van der Waals surface area contributed by atoms with E-state index in [1.807, 2.05) is 35.2 Å². The molecule has 2 heterocycles. The predicted octanol–water partition coefficient (Wildman–Crippen LogP) is 3.49. The van der Waals surface area contributed by atoms with E-state index in [0.29, 0.717) is 18.8 Å². The lowest BCUT2D eigenvalue weighted by atomic mass is 9.77. The van der Waals surface area contributed by atoms with Crippen LogP contribution in [0.15, 0.2) is 66.7 Å². The van der Waals surface area contributed by atoms with Crippen molar-refractivity contribution in [3.63, 3.8) is 0 Å². The van der Waals surface area contributed by atoms with Crippen molar-refractivity contribution in [3.8, 4) is 0 Å². The van der Waals surface area contributed by atoms with Crippen molar-refractivity contribution in [2.75, 3.05) is 24.7 Å². The summed E-state index contributed by atoms with van der Waals surface area (Å²) in [5, 5.41) is 15.6. The number of hydrogen-bond donors (Lipinski definition) is 2. The van der Waals surface area contributed by atoms with Gasteiger partial charge in [0.15, 0.2) is 0 Å². The first-order valence-corrected chi connectivity index (χ1v) is 10.7. The number of piperidine rings is 1. The first-order valence-electron chi connectivity index (χ1n) is 10.7. The van der Waals surface area contributed by atoms with Crippen molar-refractivity contribution in [3.05, 3.63) is 77.9 Å². The second kappa shape index (κ2) is 10.2. The first-order chi connectivity index (χ1) is 15.3. The molecule has 0 spiro atoms. The Morgan fingerprint density at radius 3 is 2.06 bits per heavy atom. The maximum absolute atomic E-state index is 13.5. The number of carbonyl (C=O) groups is 3. The van der Waals surface area contributed by atoms with E-state index in [2.05, 4.69) is 36.1 Å². The molecule has 1 atom stereocenters. The minimum absolute atomic E-state index is 0.195. The van der Waals surface area contributed by atoms with Gasteiger partial charge in [0.1, 0.15) is 0 Å². The summed E-state index contributed by atoms with van der Waals surface area (Å²) < 4.78 is 0. The highest BCUT2D eigenvalue weighted by Crippen LogP contribution is 2.45. The van der Waals surface area contributed by atoms with Crippen LogP contribution in [0.25, 0.3) is 0 Å². The van der Waals surface area contributed by atoms with E-state index in [1.165, 1.54) is 19.3 Å². The molecule has 2 aliphatic rings. The summed E-state index contributed by atoms with van der Waals surface area (Å²) in [6.45, 7) is 4.96. The van der Waals surface area contributed by atoms with E-state index >= 15 is 0 Å². The van der Waals surface area contributed by atoms with E-state index < -0.39 is 17.4 Å². The fourth-order valence-electron chi connectivity index (χ4n) is 4.26.